The highest BCUT2D eigenvalue weighted by Crippen LogP contribution is 2.21. The van der Waals surface area contributed by atoms with E-state index in [9.17, 15) is 14.4 Å². The summed E-state index contributed by atoms with van der Waals surface area (Å²) in [6.45, 7) is 1.84. The van der Waals surface area contributed by atoms with Gasteiger partial charge in [-0.3, -0.25) is 19.4 Å². The molecule has 214 valence electrons. The Labute approximate surface area is 234 Å². The third kappa shape index (κ3) is 14.4. The molecule has 0 radical (unpaired) electrons. The van der Waals surface area contributed by atoms with Gasteiger partial charge in [0, 0.05) is 23.1 Å². The highest BCUT2D eigenvalue weighted by Gasteiger charge is 2.26. The van der Waals surface area contributed by atoms with Gasteiger partial charge in [-0.05, 0) is 82.2 Å². The Morgan fingerprint density at radius 3 is 2.05 bits per heavy atom. The van der Waals surface area contributed by atoms with Crippen LogP contribution >= 0.6 is 23.2 Å². The molecule has 0 saturated carbocycles. The second-order valence-electron chi connectivity index (χ2n) is 8.97. The largest absolute Gasteiger partial charge is 0.370 e. The maximum Gasteiger partial charge on any atom is 0.243 e. The summed E-state index contributed by atoms with van der Waals surface area (Å²) in [4.78, 5) is 42.8. The fraction of sp³-hybridized carbons (Fsp3) is 0.600. The average molecular weight is 574 g/mol. The molecule has 2 atom stereocenters. The molecule has 1 aromatic rings. The number of guanidine groups is 1. The maximum atomic E-state index is 13.2. The molecule has 11 N–H and O–H groups in total. The molecule has 0 bridgehead atoms. The summed E-state index contributed by atoms with van der Waals surface area (Å²) in [5, 5.41) is 9.29. The zero-order valence-electron chi connectivity index (χ0n) is 21.8. The minimum atomic E-state index is -0.829. The Morgan fingerprint density at radius 1 is 0.842 bits per heavy atom. The number of hydrogen-bond donors (Lipinski definition) is 7. The SMILES string of the molecule is NCCCC[C@H](NC(=O)Cc1ccc(Cl)cc1Cl)C(=O)N[C@@H](CCCCN)C(=O)NCCCCN=C(N)N. The van der Waals surface area contributed by atoms with E-state index in [0.29, 0.717) is 86.7 Å². The molecule has 1 aromatic carbocycles. The van der Waals surface area contributed by atoms with E-state index in [2.05, 4.69) is 20.9 Å². The second-order valence-corrected chi connectivity index (χ2v) is 9.81. The molecular formula is C25H42Cl2N8O3. The van der Waals surface area contributed by atoms with Crippen LogP contribution in [-0.4, -0.2) is 61.9 Å². The number of nitrogens with two attached hydrogens (primary N) is 4. The van der Waals surface area contributed by atoms with Crippen LogP contribution in [0.3, 0.4) is 0 Å². The van der Waals surface area contributed by atoms with Gasteiger partial charge in [0.15, 0.2) is 5.96 Å². The van der Waals surface area contributed by atoms with Crippen molar-refractivity contribution in [3.63, 3.8) is 0 Å². The van der Waals surface area contributed by atoms with Gasteiger partial charge in [-0.25, -0.2) is 0 Å². The molecule has 13 heteroatoms. The fourth-order valence-electron chi connectivity index (χ4n) is 3.66. The normalized spacial score (nSPS) is 12.3. The Hall–Kier alpha value is -2.60. The number of hydrogen-bond acceptors (Lipinski definition) is 6. The van der Waals surface area contributed by atoms with Crippen molar-refractivity contribution in [2.45, 2.75) is 69.9 Å². The number of carbonyl (C=O) groups excluding carboxylic acids is 3. The van der Waals surface area contributed by atoms with Crippen molar-refractivity contribution in [2.24, 2.45) is 27.9 Å². The molecule has 3 amide bonds. The molecule has 1 rings (SSSR count). The van der Waals surface area contributed by atoms with Gasteiger partial charge in [-0.2, -0.15) is 0 Å². The third-order valence-corrected chi connectivity index (χ3v) is 6.31. The second kappa shape index (κ2) is 19.5. The van der Waals surface area contributed by atoms with Crippen LogP contribution in [0.15, 0.2) is 23.2 Å². The van der Waals surface area contributed by atoms with Gasteiger partial charge in [0.2, 0.25) is 17.7 Å². The first-order chi connectivity index (χ1) is 18.2. The number of nitrogens with zero attached hydrogens (tertiary/aromatic N) is 1. The van der Waals surface area contributed by atoms with Crippen molar-refractivity contribution in [3.05, 3.63) is 33.8 Å². The summed E-state index contributed by atoms with van der Waals surface area (Å²) in [6, 6.07) is 3.29. The van der Waals surface area contributed by atoms with E-state index in [1.54, 1.807) is 18.2 Å². The van der Waals surface area contributed by atoms with Gasteiger partial charge in [0.05, 0.1) is 6.42 Å². The summed E-state index contributed by atoms with van der Waals surface area (Å²) in [5.41, 5.74) is 22.4. The number of unbranched alkanes of at least 4 members (excludes halogenated alkanes) is 3. The minimum Gasteiger partial charge on any atom is -0.370 e. The first kappa shape index (κ1) is 33.4. The van der Waals surface area contributed by atoms with E-state index in [-0.39, 0.29) is 24.2 Å². The quantitative estimate of drug-likeness (QED) is 0.0724. The monoisotopic (exact) mass is 572 g/mol. The summed E-state index contributed by atoms with van der Waals surface area (Å²) in [5.74, 6) is -1.07. The Morgan fingerprint density at radius 2 is 1.47 bits per heavy atom. The molecule has 0 aromatic heterocycles. The number of rotatable bonds is 19. The summed E-state index contributed by atoms with van der Waals surface area (Å²) in [7, 11) is 0. The fourth-order valence-corrected chi connectivity index (χ4v) is 4.13. The summed E-state index contributed by atoms with van der Waals surface area (Å²) >= 11 is 12.1. The molecule has 38 heavy (non-hydrogen) atoms. The van der Waals surface area contributed by atoms with E-state index in [0.717, 1.165) is 6.42 Å². The predicted octanol–water partition coefficient (Wildman–Crippen LogP) is 0.933. The molecule has 0 heterocycles. The molecule has 0 aliphatic heterocycles. The molecule has 0 unspecified atom stereocenters. The lowest BCUT2D eigenvalue weighted by atomic mass is 10.0. The molecule has 0 fully saturated rings. The lowest BCUT2D eigenvalue weighted by Gasteiger charge is -2.23. The van der Waals surface area contributed by atoms with Crippen LogP contribution in [0.1, 0.15) is 56.9 Å². The lowest BCUT2D eigenvalue weighted by molar-refractivity contribution is -0.132. The van der Waals surface area contributed by atoms with Crippen LogP contribution in [0, 0.1) is 0 Å². The molecular weight excluding hydrogens is 531 g/mol. The Bertz CT molecular complexity index is 913. The Balaban J connectivity index is 2.81. The topological polar surface area (TPSA) is 204 Å². The van der Waals surface area contributed by atoms with Crippen LogP contribution < -0.4 is 38.9 Å². The van der Waals surface area contributed by atoms with Gasteiger partial charge in [-0.15, -0.1) is 0 Å². The van der Waals surface area contributed by atoms with Crippen LogP contribution in [-0.2, 0) is 20.8 Å². The standard InChI is InChI=1S/C25H42Cl2N8O3/c26-18-10-9-17(19(27)16-18)15-22(36)34-21(8-2-4-12-29)24(38)35-20(7-1-3-11-28)23(37)32-13-5-6-14-33-25(30)31/h9-10,16,20-21H,1-8,11-15,28-29H2,(H,32,37)(H,34,36)(H,35,38)(H4,30,31,33)/t20-,21-/m0/s1. The number of amides is 3. The highest BCUT2D eigenvalue weighted by atomic mass is 35.5. The van der Waals surface area contributed by atoms with Crippen molar-refractivity contribution in [1.29, 1.82) is 0 Å². The van der Waals surface area contributed by atoms with Crippen LogP contribution in [0.4, 0.5) is 0 Å². The van der Waals surface area contributed by atoms with Crippen molar-refractivity contribution < 1.29 is 14.4 Å². The molecule has 0 spiro atoms. The minimum absolute atomic E-state index is 0.0169. The van der Waals surface area contributed by atoms with E-state index < -0.39 is 18.0 Å². The summed E-state index contributed by atoms with van der Waals surface area (Å²) in [6.07, 6.45) is 4.88. The van der Waals surface area contributed by atoms with Gasteiger partial charge in [0.25, 0.3) is 0 Å². The first-order valence-electron chi connectivity index (χ1n) is 12.9. The third-order valence-electron chi connectivity index (χ3n) is 5.72. The number of halogens is 2. The van der Waals surface area contributed by atoms with E-state index in [1.807, 2.05) is 0 Å². The zero-order chi connectivity index (χ0) is 28.3. The van der Waals surface area contributed by atoms with E-state index in [1.165, 1.54) is 0 Å². The maximum absolute atomic E-state index is 13.2. The molecule has 0 aliphatic carbocycles. The number of benzene rings is 1. The summed E-state index contributed by atoms with van der Waals surface area (Å²) < 4.78 is 0. The molecule has 11 nitrogen and oxygen atoms in total. The lowest BCUT2D eigenvalue weighted by Crippen LogP contribution is -2.54. The number of aliphatic imine (C=N–C) groups is 1. The predicted molar refractivity (Wildman–Crippen MR) is 153 cm³/mol. The number of nitrogens with one attached hydrogen (secondary N) is 3. The van der Waals surface area contributed by atoms with Crippen LogP contribution in [0.5, 0.6) is 0 Å². The van der Waals surface area contributed by atoms with Crippen molar-refractivity contribution in [2.75, 3.05) is 26.2 Å². The smallest absolute Gasteiger partial charge is 0.243 e. The molecule has 0 saturated heterocycles. The van der Waals surface area contributed by atoms with E-state index in [4.69, 9.17) is 46.1 Å². The van der Waals surface area contributed by atoms with Crippen LogP contribution in [0.25, 0.3) is 0 Å². The molecule has 0 aliphatic rings. The van der Waals surface area contributed by atoms with Crippen molar-refractivity contribution in [1.82, 2.24) is 16.0 Å². The first-order valence-corrected chi connectivity index (χ1v) is 13.7. The van der Waals surface area contributed by atoms with Crippen LogP contribution in [0.2, 0.25) is 10.0 Å². The van der Waals surface area contributed by atoms with Gasteiger partial charge < -0.3 is 38.9 Å². The highest BCUT2D eigenvalue weighted by molar-refractivity contribution is 6.35. The average Bonchev–Trinajstić information content (AvgIpc) is 2.86. The Kier molecular flexibility index (Phi) is 17.1. The van der Waals surface area contributed by atoms with Gasteiger partial charge >= 0.3 is 0 Å². The van der Waals surface area contributed by atoms with Crippen molar-refractivity contribution in [3.8, 4) is 0 Å². The van der Waals surface area contributed by atoms with E-state index >= 15 is 0 Å². The number of carbonyl (C=O) groups is 3. The van der Waals surface area contributed by atoms with Crippen molar-refractivity contribution >= 4 is 46.9 Å². The van der Waals surface area contributed by atoms with Gasteiger partial charge in [0.1, 0.15) is 12.1 Å². The van der Waals surface area contributed by atoms with Gasteiger partial charge in [-0.1, -0.05) is 29.3 Å². The zero-order valence-corrected chi connectivity index (χ0v) is 23.3.